The summed E-state index contributed by atoms with van der Waals surface area (Å²) in [6, 6.07) is 7.84. The zero-order chi connectivity index (χ0) is 20.2. The van der Waals surface area contributed by atoms with Gasteiger partial charge < -0.3 is 15.1 Å². The minimum atomic E-state index is 0.0790. The van der Waals surface area contributed by atoms with Crippen molar-refractivity contribution >= 4 is 29.1 Å². The Bertz CT molecular complexity index is 773. The molecule has 1 aromatic carbocycles. The number of amides is 2. The summed E-state index contributed by atoms with van der Waals surface area (Å²) in [5, 5.41) is 3.81. The molecule has 3 aliphatic rings. The summed E-state index contributed by atoms with van der Waals surface area (Å²) in [5.74, 6) is 2.23. The van der Waals surface area contributed by atoms with E-state index in [4.69, 9.17) is 11.6 Å². The number of hydrogen-bond acceptors (Lipinski definition) is 3. The van der Waals surface area contributed by atoms with Crippen molar-refractivity contribution in [2.24, 2.45) is 17.8 Å². The van der Waals surface area contributed by atoms with Gasteiger partial charge >= 0.3 is 0 Å². The Hall–Kier alpha value is -2.01. The van der Waals surface area contributed by atoms with Gasteiger partial charge in [-0.2, -0.15) is 0 Å². The average molecular weight is 416 g/mol. The molecule has 1 heterocycles. The minimum absolute atomic E-state index is 0.0790. The lowest BCUT2D eigenvalue weighted by Gasteiger charge is -2.36. The van der Waals surface area contributed by atoms with E-state index in [0.29, 0.717) is 31.1 Å². The van der Waals surface area contributed by atoms with Crippen molar-refractivity contribution in [3.05, 3.63) is 41.4 Å². The molecule has 1 aliphatic heterocycles. The number of hydrogen-bond donors (Lipinski definition) is 1. The number of halogens is 1. The molecule has 2 aliphatic carbocycles. The minimum Gasteiger partial charge on any atom is -0.368 e. The summed E-state index contributed by atoms with van der Waals surface area (Å²) < 4.78 is 0. The third kappa shape index (κ3) is 5.13. The van der Waals surface area contributed by atoms with E-state index in [2.05, 4.69) is 28.4 Å². The summed E-state index contributed by atoms with van der Waals surface area (Å²) in [4.78, 5) is 28.8. The number of benzene rings is 1. The lowest BCUT2D eigenvalue weighted by Crippen LogP contribution is -2.48. The number of carbonyl (C=O) groups excluding carboxylic acids is 2. The van der Waals surface area contributed by atoms with Gasteiger partial charge in [-0.15, -0.1) is 0 Å². The molecule has 4 rings (SSSR count). The molecule has 0 aromatic heterocycles. The van der Waals surface area contributed by atoms with Crippen LogP contribution in [0.3, 0.4) is 0 Å². The Morgan fingerprint density at radius 3 is 2.59 bits per heavy atom. The van der Waals surface area contributed by atoms with Gasteiger partial charge in [0.25, 0.3) is 0 Å². The fourth-order valence-electron chi connectivity index (χ4n) is 4.91. The predicted octanol–water partition coefficient (Wildman–Crippen LogP) is 3.49. The Morgan fingerprint density at radius 2 is 1.90 bits per heavy atom. The lowest BCUT2D eigenvalue weighted by atomic mass is 9.93. The van der Waals surface area contributed by atoms with Gasteiger partial charge in [-0.3, -0.25) is 9.59 Å². The maximum atomic E-state index is 12.5. The molecule has 2 amide bonds. The van der Waals surface area contributed by atoms with Crippen molar-refractivity contribution in [2.45, 2.75) is 32.1 Å². The van der Waals surface area contributed by atoms with Crippen LogP contribution in [-0.4, -0.2) is 49.4 Å². The van der Waals surface area contributed by atoms with Crippen molar-refractivity contribution in [1.82, 2.24) is 10.2 Å². The van der Waals surface area contributed by atoms with Crippen LogP contribution in [0.5, 0.6) is 0 Å². The third-order valence-electron chi connectivity index (χ3n) is 6.58. The molecule has 29 heavy (non-hydrogen) atoms. The maximum Gasteiger partial charge on any atom is 0.222 e. The number of rotatable bonds is 7. The zero-order valence-corrected chi connectivity index (χ0v) is 17.6. The van der Waals surface area contributed by atoms with Gasteiger partial charge in [-0.05, 0) is 55.2 Å². The Balaban J connectivity index is 1.11. The Kier molecular flexibility index (Phi) is 6.43. The summed E-state index contributed by atoms with van der Waals surface area (Å²) in [7, 11) is 0. The molecule has 2 bridgehead atoms. The Morgan fingerprint density at radius 1 is 1.07 bits per heavy atom. The quantitative estimate of drug-likeness (QED) is 0.693. The molecule has 0 radical (unpaired) electrons. The lowest BCUT2D eigenvalue weighted by molar-refractivity contribution is -0.131. The van der Waals surface area contributed by atoms with E-state index in [-0.39, 0.29) is 11.8 Å². The second kappa shape index (κ2) is 9.21. The fraction of sp³-hybridized carbons (Fsp3) is 0.565. The molecule has 5 nitrogen and oxygen atoms in total. The number of fused-ring (bicyclic) bond motifs is 2. The number of allylic oxidation sites excluding steroid dienone is 2. The number of piperazine rings is 1. The molecule has 1 saturated heterocycles. The first kappa shape index (κ1) is 20.3. The van der Waals surface area contributed by atoms with Crippen molar-refractivity contribution in [1.29, 1.82) is 0 Å². The fourth-order valence-corrected chi connectivity index (χ4v) is 5.09. The first-order chi connectivity index (χ1) is 14.1. The van der Waals surface area contributed by atoms with Crippen molar-refractivity contribution in [2.75, 3.05) is 37.6 Å². The standard InChI is InChI=1S/C23H30ClN3O2/c24-20-3-1-4-21(15-20)26-9-11-27(12-10-26)23(29)6-2-5-22(28)25-16-19-14-17-7-8-18(19)13-17/h1,3-4,7-8,15,17-19H,2,5-6,9-14,16H2,(H,25,28)/t17-,18-,19-/m1/s1. The molecule has 2 fully saturated rings. The van der Waals surface area contributed by atoms with Crippen LogP contribution in [0.15, 0.2) is 36.4 Å². The average Bonchev–Trinajstić information content (AvgIpc) is 3.36. The molecule has 6 heteroatoms. The van der Waals surface area contributed by atoms with Gasteiger partial charge in [0.1, 0.15) is 0 Å². The molecule has 1 saturated carbocycles. The molecular formula is C23H30ClN3O2. The van der Waals surface area contributed by atoms with Crippen LogP contribution in [0.2, 0.25) is 5.02 Å². The molecule has 0 spiro atoms. The topological polar surface area (TPSA) is 52.7 Å². The van der Waals surface area contributed by atoms with Crippen LogP contribution in [0.4, 0.5) is 5.69 Å². The molecule has 0 unspecified atom stereocenters. The number of carbonyl (C=O) groups is 2. The highest BCUT2D eigenvalue weighted by Gasteiger charge is 2.35. The number of nitrogens with one attached hydrogen (secondary N) is 1. The van der Waals surface area contributed by atoms with Crippen LogP contribution >= 0.6 is 11.6 Å². The van der Waals surface area contributed by atoms with Crippen molar-refractivity contribution < 1.29 is 9.59 Å². The van der Waals surface area contributed by atoms with Gasteiger partial charge in [-0.25, -0.2) is 0 Å². The number of nitrogens with zero attached hydrogens (tertiary/aromatic N) is 2. The van der Waals surface area contributed by atoms with Crippen molar-refractivity contribution in [3.8, 4) is 0 Å². The predicted molar refractivity (Wildman–Crippen MR) is 116 cm³/mol. The summed E-state index contributed by atoms with van der Waals surface area (Å²) in [5.41, 5.74) is 1.10. The van der Waals surface area contributed by atoms with Gasteiger partial charge in [0.05, 0.1) is 0 Å². The highest BCUT2D eigenvalue weighted by Crippen LogP contribution is 2.42. The van der Waals surface area contributed by atoms with E-state index in [1.807, 2.05) is 23.1 Å². The van der Waals surface area contributed by atoms with Gasteiger partial charge in [0.2, 0.25) is 11.8 Å². The van der Waals surface area contributed by atoms with Crippen LogP contribution in [0, 0.1) is 17.8 Å². The smallest absolute Gasteiger partial charge is 0.222 e. The molecule has 1 N–H and O–H groups in total. The summed E-state index contributed by atoms with van der Waals surface area (Å²) >= 11 is 6.07. The monoisotopic (exact) mass is 415 g/mol. The van der Waals surface area contributed by atoms with Crippen LogP contribution in [0.1, 0.15) is 32.1 Å². The summed E-state index contributed by atoms with van der Waals surface area (Å²) in [6.45, 7) is 3.84. The maximum absolute atomic E-state index is 12.5. The van der Waals surface area contributed by atoms with Gasteiger partial charge in [0.15, 0.2) is 0 Å². The number of anilines is 1. The third-order valence-corrected chi connectivity index (χ3v) is 6.81. The van der Waals surface area contributed by atoms with Crippen LogP contribution < -0.4 is 10.2 Å². The summed E-state index contributed by atoms with van der Waals surface area (Å²) in [6.07, 6.45) is 8.61. The molecular weight excluding hydrogens is 386 g/mol. The van der Waals surface area contributed by atoms with E-state index in [0.717, 1.165) is 49.4 Å². The first-order valence-electron chi connectivity index (χ1n) is 10.8. The second-order valence-electron chi connectivity index (χ2n) is 8.55. The Labute approximate surface area is 178 Å². The zero-order valence-electron chi connectivity index (χ0n) is 16.9. The van der Waals surface area contributed by atoms with Gasteiger partial charge in [-0.1, -0.05) is 29.8 Å². The van der Waals surface area contributed by atoms with Crippen LogP contribution in [-0.2, 0) is 9.59 Å². The molecule has 156 valence electrons. The van der Waals surface area contributed by atoms with Crippen LogP contribution in [0.25, 0.3) is 0 Å². The largest absolute Gasteiger partial charge is 0.368 e. The van der Waals surface area contributed by atoms with Crippen molar-refractivity contribution in [3.63, 3.8) is 0 Å². The van der Waals surface area contributed by atoms with E-state index in [1.54, 1.807) is 0 Å². The normalized spacial score (nSPS) is 25.5. The highest BCUT2D eigenvalue weighted by atomic mass is 35.5. The SMILES string of the molecule is O=C(CCCC(=O)N1CCN(c2cccc(Cl)c2)CC1)NC[C@H]1C[C@@H]2C=C[C@@H]1C2. The van der Waals surface area contributed by atoms with Gasteiger partial charge in [0, 0.05) is 56.3 Å². The second-order valence-corrected chi connectivity index (χ2v) is 8.98. The first-order valence-corrected chi connectivity index (χ1v) is 11.2. The molecule has 1 aromatic rings. The van der Waals surface area contributed by atoms with E-state index in [9.17, 15) is 9.59 Å². The van der Waals surface area contributed by atoms with E-state index < -0.39 is 0 Å². The van der Waals surface area contributed by atoms with E-state index >= 15 is 0 Å². The molecule has 3 atom stereocenters. The van der Waals surface area contributed by atoms with E-state index in [1.165, 1.54) is 12.8 Å². The highest BCUT2D eigenvalue weighted by molar-refractivity contribution is 6.30.